The molecule has 5 heteroatoms. The van der Waals surface area contributed by atoms with Crippen LogP contribution in [-0.2, 0) is 0 Å². The topological polar surface area (TPSA) is 72.2 Å². The molecule has 0 aliphatic heterocycles. The van der Waals surface area contributed by atoms with Crippen molar-refractivity contribution in [1.29, 1.82) is 0 Å². The molecule has 1 aromatic heterocycles. The minimum atomic E-state index is -0.526. The van der Waals surface area contributed by atoms with Crippen LogP contribution in [0.2, 0.25) is 0 Å². The Morgan fingerprint density at radius 1 is 1.21 bits per heavy atom. The van der Waals surface area contributed by atoms with Crippen molar-refractivity contribution in [2.45, 2.75) is 51.7 Å². The van der Waals surface area contributed by atoms with Gasteiger partial charge in [-0.15, -0.1) is 0 Å². The van der Waals surface area contributed by atoms with Gasteiger partial charge in [0.1, 0.15) is 0 Å². The molecule has 0 spiro atoms. The number of hydrogen-bond acceptors (Lipinski definition) is 4. The molecule has 2 atom stereocenters. The summed E-state index contributed by atoms with van der Waals surface area (Å²) in [6.45, 7) is 3.73. The van der Waals surface area contributed by atoms with Gasteiger partial charge in [-0.3, -0.25) is 14.2 Å². The maximum Gasteiger partial charge on any atom is 0.261 e. The number of nitrogens with zero attached hydrogens (tertiary/aromatic N) is 2. The van der Waals surface area contributed by atoms with Crippen molar-refractivity contribution in [2.75, 3.05) is 0 Å². The lowest BCUT2D eigenvalue weighted by molar-refractivity contribution is 0.0735. The highest BCUT2D eigenvalue weighted by molar-refractivity contribution is 5.87. The number of benzene rings is 1. The lowest BCUT2D eigenvalue weighted by Crippen LogP contribution is -2.37. The van der Waals surface area contributed by atoms with Crippen LogP contribution in [0.4, 0.5) is 0 Å². The zero-order valence-corrected chi connectivity index (χ0v) is 14.0. The molecule has 1 aromatic carbocycles. The molecule has 5 nitrogen and oxygen atoms in total. The summed E-state index contributed by atoms with van der Waals surface area (Å²) < 4.78 is 1.54. The first-order valence-electron chi connectivity index (χ1n) is 8.42. The zero-order valence-electron chi connectivity index (χ0n) is 14.0. The van der Waals surface area contributed by atoms with E-state index in [9.17, 15) is 14.7 Å². The first-order chi connectivity index (χ1) is 11.6. The van der Waals surface area contributed by atoms with Crippen LogP contribution in [0.25, 0.3) is 23.1 Å². The fourth-order valence-corrected chi connectivity index (χ4v) is 3.71. The minimum absolute atomic E-state index is 0.195. The molecule has 1 N–H and O–H groups in total. The summed E-state index contributed by atoms with van der Waals surface area (Å²) in [7, 11) is 0. The number of aromatic nitrogens is 2. The fourth-order valence-electron chi connectivity index (χ4n) is 3.71. The summed E-state index contributed by atoms with van der Waals surface area (Å²) >= 11 is 0. The maximum atomic E-state index is 13.0. The highest BCUT2D eigenvalue weighted by atomic mass is 16.3. The van der Waals surface area contributed by atoms with E-state index in [1.807, 2.05) is 26.0 Å². The number of aliphatic hydroxyl groups is 1. The molecule has 1 fully saturated rings. The summed E-state index contributed by atoms with van der Waals surface area (Å²) in [4.78, 5) is 28.9. The molecular weight excluding hydrogens is 304 g/mol. The standard InChI is InChI=1S/C19H22N2O3/c1-3-13-12(10-22)9-15-18(14(13)4-2)20-11-21(19(15)24)16-7-5-6-8-17(16)23/h3-4,9-11,16-17,23H,5-8H2,1-2H3/b13-3-,14-4+/t16-,17-/m0/s1. The van der Waals surface area contributed by atoms with Gasteiger partial charge in [-0.25, -0.2) is 4.98 Å². The van der Waals surface area contributed by atoms with Gasteiger partial charge in [0.2, 0.25) is 0 Å². The van der Waals surface area contributed by atoms with Gasteiger partial charge in [0.15, 0.2) is 6.29 Å². The van der Waals surface area contributed by atoms with Crippen molar-refractivity contribution >= 4 is 29.3 Å². The summed E-state index contributed by atoms with van der Waals surface area (Å²) in [6, 6.07) is 1.38. The molecule has 0 amide bonds. The quantitative estimate of drug-likeness (QED) is 0.844. The van der Waals surface area contributed by atoms with E-state index in [1.54, 1.807) is 6.07 Å². The first kappa shape index (κ1) is 16.6. The SMILES string of the molecule is C/C=c1/c(C=O)cc2c(=O)n([C@H]3CCCC[C@@H]3O)cnc2/c1=C/C. The molecule has 2 aromatic rings. The van der Waals surface area contributed by atoms with Crippen LogP contribution in [0.15, 0.2) is 17.2 Å². The molecular formula is C19H22N2O3. The van der Waals surface area contributed by atoms with Gasteiger partial charge in [0.05, 0.1) is 29.4 Å². The molecule has 1 saturated carbocycles. The Morgan fingerprint density at radius 2 is 1.92 bits per heavy atom. The second kappa shape index (κ2) is 6.69. The lowest BCUT2D eigenvalue weighted by Gasteiger charge is -2.29. The predicted molar refractivity (Wildman–Crippen MR) is 94.4 cm³/mol. The van der Waals surface area contributed by atoms with Gasteiger partial charge in [-0.05, 0) is 38.0 Å². The third-order valence-electron chi connectivity index (χ3n) is 4.94. The Kier molecular flexibility index (Phi) is 4.62. The molecule has 0 bridgehead atoms. The summed E-state index contributed by atoms with van der Waals surface area (Å²) in [5, 5.41) is 12.3. The van der Waals surface area contributed by atoms with E-state index in [2.05, 4.69) is 4.98 Å². The van der Waals surface area contributed by atoms with E-state index in [-0.39, 0.29) is 11.6 Å². The fraction of sp³-hybridized carbons (Fsp3) is 0.421. The van der Waals surface area contributed by atoms with E-state index in [0.717, 1.165) is 36.0 Å². The molecule has 1 aliphatic rings. The van der Waals surface area contributed by atoms with Crippen molar-refractivity contribution < 1.29 is 9.90 Å². The number of hydrogen-bond donors (Lipinski definition) is 1. The smallest absolute Gasteiger partial charge is 0.261 e. The van der Waals surface area contributed by atoms with Gasteiger partial charge in [0, 0.05) is 10.8 Å². The van der Waals surface area contributed by atoms with E-state index < -0.39 is 6.10 Å². The number of carbonyl (C=O) groups excluding carboxylic acids is 1. The molecule has 126 valence electrons. The van der Waals surface area contributed by atoms with E-state index in [4.69, 9.17) is 0 Å². The molecule has 1 aliphatic carbocycles. The molecule has 0 unspecified atom stereocenters. The predicted octanol–water partition coefficient (Wildman–Crippen LogP) is 1.29. The number of aliphatic hydroxyl groups excluding tert-OH is 1. The minimum Gasteiger partial charge on any atom is -0.391 e. The van der Waals surface area contributed by atoms with Crippen LogP contribution in [-0.4, -0.2) is 27.0 Å². The van der Waals surface area contributed by atoms with Gasteiger partial charge < -0.3 is 5.11 Å². The molecule has 3 rings (SSSR count). The van der Waals surface area contributed by atoms with E-state index in [0.29, 0.717) is 22.9 Å². The van der Waals surface area contributed by atoms with Gasteiger partial charge in [-0.2, -0.15) is 0 Å². The highest BCUT2D eigenvalue weighted by Gasteiger charge is 2.26. The Morgan fingerprint density at radius 3 is 2.54 bits per heavy atom. The van der Waals surface area contributed by atoms with Crippen LogP contribution in [0.5, 0.6) is 0 Å². The van der Waals surface area contributed by atoms with Crippen molar-refractivity contribution in [1.82, 2.24) is 9.55 Å². The Labute approximate surface area is 140 Å². The van der Waals surface area contributed by atoms with E-state index in [1.165, 1.54) is 10.9 Å². The van der Waals surface area contributed by atoms with Gasteiger partial charge >= 0.3 is 0 Å². The third kappa shape index (κ3) is 2.59. The first-order valence-corrected chi connectivity index (χ1v) is 8.42. The molecule has 0 radical (unpaired) electrons. The summed E-state index contributed by atoms with van der Waals surface area (Å²) in [5.41, 5.74) is 0.890. The number of carbonyl (C=O) groups is 1. The Bertz CT molecular complexity index is 959. The van der Waals surface area contributed by atoms with Crippen LogP contribution >= 0.6 is 0 Å². The second-order valence-corrected chi connectivity index (χ2v) is 6.26. The van der Waals surface area contributed by atoms with E-state index >= 15 is 0 Å². The van der Waals surface area contributed by atoms with Crippen molar-refractivity contribution in [3.63, 3.8) is 0 Å². The molecule has 0 saturated heterocycles. The monoisotopic (exact) mass is 326 g/mol. The van der Waals surface area contributed by atoms with Crippen molar-refractivity contribution in [3.8, 4) is 0 Å². The zero-order chi connectivity index (χ0) is 17.3. The van der Waals surface area contributed by atoms with Crippen LogP contribution < -0.4 is 16.0 Å². The van der Waals surface area contributed by atoms with Gasteiger partial charge in [0.25, 0.3) is 5.56 Å². The number of aldehydes is 1. The third-order valence-corrected chi connectivity index (χ3v) is 4.94. The normalized spacial score (nSPS) is 23.0. The van der Waals surface area contributed by atoms with Crippen molar-refractivity contribution in [3.05, 3.63) is 38.7 Å². The summed E-state index contributed by atoms with van der Waals surface area (Å²) in [6.07, 6.45) is 8.95. The van der Waals surface area contributed by atoms with Crippen LogP contribution in [0.1, 0.15) is 55.9 Å². The Hall–Kier alpha value is -2.27. The average Bonchev–Trinajstić information content (AvgIpc) is 2.61. The highest BCUT2D eigenvalue weighted by Crippen LogP contribution is 2.27. The van der Waals surface area contributed by atoms with Crippen LogP contribution in [0.3, 0.4) is 0 Å². The number of fused-ring (bicyclic) bond motifs is 1. The van der Waals surface area contributed by atoms with Crippen molar-refractivity contribution in [2.24, 2.45) is 0 Å². The molecule has 24 heavy (non-hydrogen) atoms. The maximum absolute atomic E-state index is 13.0. The second-order valence-electron chi connectivity index (χ2n) is 6.26. The Balaban J connectivity index is 2.34. The largest absolute Gasteiger partial charge is 0.391 e. The van der Waals surface area contributed by atoms with Crippen LogP contribution in [0, 0.1) is 0 Å². The number of rotatable bonds is 2. The summed E-state index contributed by atoms with van der Waals surface area (Å²) in [5.74, 6) is 0. The lowest BCUT2D eigenvalue weighted by atomic mass is 9.92. The van der Waals surface area contributed by atoms with Gasteiger partial charge in [-0.1, -0.05) is 25.0 Å². The molecule has 1 heterocycles. The average molecular weight is 326 g/mol.